The Morgan fingerprint density at radius 3 is 2.63 bits per heavy atom. The zero-order valence-corrected chi connectivity index (χ0v) is 11.1. The number of benzene rings is 1. The zero-order chi connectivity index (χ0) is 13.8. The molecule has 3 nitrogen and oxygen atoms in total. The first-order valence-corrected chi connectivity index (χ1v) is 6.56. The molecule has 1 aliphatic heterocycles. The van der Waals surface area contributed by atoms with Crippen molar-refractivity contribution in [1.82, 2.24) is 4.90 Å². The van der Waals surface area contributed by atoms with Gasteiger partial charge in [0.2, 0.25) is 0 Å². The van der Waals surface area contributed by atoms with Crippen molar-refractivity contribution < 1.29 is 13.5 Å². The molecule has 1 saturated heterocycles. The second-order valence-corrected chi connectivity index (χ2v) is 5.10. The molecule has 1 aliphatic rings. The van der Waals surface area contributed by atoms with Crippen molar-refractivity contribution in [3.63, 3.8) is 0 Å². The highest BCUT2D eigenvalue weighted by molar-refractivity contribution is 5.21. The van der Waals surface area contributed by atoms with Crippen molar-refractivity contribution in [2.75, 3.05) is 26.8 Å². The summed E-state index contributed by atoms with van der Waals surface area (Å²) in [5, 5.41) is 0. The lowest BCUT2D eigenvalue weighted by Crippen LogP contribution is -2.34. The molecule has 2 N–H and O–H groups in total. The number of halogens is 2. The Bertz CT molecular complexity index is 402. The summed E-state index contributed by atoms with van der Waals surface area (Å²) in [6.45, 7) is 2.34. The maximum atomic E-state index is 13.1. The second kappa shape index (κ2) is 6.41. The number of hydrogen-bond donors (Lipinski definition) is 1. The van der Waals surface area contributed by atoms with Gasteiger partial charge < -0.3 is 15.4 Å². The van der Waals surface area contributed by atoms with Crippen molar-refractivity contribution in [1.29, 1.82) is 0 Å². The minimum atomic E-state index is -0.581. The summed E-state index contributed by atoms with van der Waals surface area (Å²) in [5.41, 5.74) is 6.50. The Labute approximate surface area is 112 Å². The third kappa shape index (κ3) is 3.96. The molecule has 0 spiro atoms. The van der Waals surface area contributed by atoms with Crippen LogP contribution in [0.2, 0.25) is 0 Å². The van der Waals surface area contributed by atoms with E-state index < -0.39 is 11.6 Å². The van der Waals surface area contributed by atoms with E-state index in [1.807, 2.05) is 7.05 Å². The van der Waals surface area contributed by atoms with Gasteiger partial charge in [-0.15, -0.1) is 0 Å². The Balaban J connectivity index is 1.87. The molecule has 5 heteroatoms. The van der Waals surface area contributed by atoms with E-state index in [0.29, 0.717) is 18.0 Å². The topological polar surface area (TPSA) is 38.5 Å². The fraction of sp³-hybridized carbons (Fsp3) is 0.571. The number of ether oxygens (including phenoxy) is 1. The monoisotopic (exact) mass is 270 g/mol. The Morgan fingerprint density at radius 2 is 2.05 bits per heavy atom. The predicted octanol–water partition coefficient (Wildman–Crippen LogP) is 2.08. The highest BCUT2D eigenvalue weighted by Crippen LogP contribution is 2.19. The third-order valence-electron chi connectivity index (χ3n) is 3.63. The summed E-state index contributed by atoms with van der Waals surface area (Å²) in [7, 11) is 2.03. The van der Waals surface area contributed by atoms with Crippen LogP contribution in [0, 0.1) is 11.6 Å². The number of nitrogens with two attached hydrogens (primary N) is 1. The number of rotatable bonds is 5. The van der Waals surface area contributed by atoms with Crippen LogP contribution in [0.15, 0.2) is 18.2 Å². The molecule has 1 fully saturated rings. The van der Waals surface area contributed by atoms with Crippen molar-refractivity contribution >= 4 is 0 Å². The molecule has 0 aromatic heterocycles. The Morgan fingerprint density at radius 1 is 1.37 bits per heavy atom. The van der Waals surface area contributed by atoms with Crippen LogP contribution in [0.4, 0.5) is 8.78 Å². The summed E-state index contributed by atoms with van der Waals surface area (Å²) < 4.78 is 31.5. The molecule has 1 heterocycles. The van der Waals surface area contributed by atoms with Gasteiger partial charge in [-0.2, -0.15) is 0 Å². The highest BCUT2D eigenvalue weighted by Gasteiger charge is 2.20. The zero-order valence-electron chi connectivity index (χ0n) is 11.1. The highest BCUT2D eigenvalue weighted by atomic mass is 19.1. The lowest BCUT2D eigenvalue weighted by Gasteiger charge is -2.24. The van der Waals surface area contributed by atoms with Crippen LogP contribution in [0.3, 0.4) is 0 Å². The first-order valence-electron chi connectivity index (χ1n) is 6.56. The van der Waals surface area contributed by atoms with Gasteiger partial charge in [-0.1, -0.05) is 0 Å². The lowest BCUT2D eigenvalue weighted by atomic mass is 10.0. The summed E-state index contributed by atoms with van der Waals surface area (Å²) >= 11 is 0. The van der Waals surface area contributed by atoms with Gasteiger partial charge in [0.15, 0.2) is 0 Å². The molecule has 0 saturated carbocycles. The van der Waals surface area contributed by atoms with Gasteiger partial charge in [0.25, 0.3) is 0 Å². The van der Waals surface area contributed by atoms with E-state index >= 15 is 0 Å². The van der Waals surface area contributed by atoms with Gasteiger partial charge in [0, 0.05) is 31.3 Å². The molecule has 0 radical (unpaired) electrons. The van der Waals surface area contributed by atoms with Crippen LogP contribution in [-0.4, -0.2) is 37.7 Å². The average molecular weight is 270 g/mol. The van der Waals surface area contributed by atoms with Crippen LogP contribution in [0.25, 0.3) is 0 Å². The minimum Gasteiger partial charge on any atom is -0.380 e. The third-order valence-corrected chi connectivity index (χ3v) is 3.63. The summed E-state index contributed by atoms with van der Waals surface area (Å²) in [5.74, 6) is -1.16. The van der Waals surface area contributed by atoms with Gasteiger partial charge in [-0.3, -0.25) is 0 Å². The van der Waals surface area contributed by atoms with Crippen molar-refractivity contribution in [3.8, 4) is 0 Å². The van der Waals surface area contributed by atoms with Crippen LogP contribution in [0.5, 0.6) is 0 Å². The lowest BCUT2D eigenvalue weighted by molar-refractivity contribution is 0.157. The smallest absolute Gasteiger partial charge is 0.126 e. The van der Waals surface area contributed by atoms with E-state index in [4.69, 9.17) is 10.5 Å². The fourth-order valence-electron chi connectivity index (χ4n) is 2.35. The van der Waals surface area contributed by atoms with Crippen molar-refractivity contribution in [2.45, 2.75) is 24.9 Å². The summed E-state index contributed by atoms with van der Waals surface area (Å²) in [6, 6.07) is 3.53. The Kier molecular flexibility index (Phi) is 4.85. The SMILES string of the molecule is CN(CCC(N)c1cc(F)cc(F)c1)C1CCOC1. The standard InChI is InChI=1S/C14H20F2N2O/c1-18(13-3-5-19-9-13)4-2-14(17)10-6-11(15)8-12(16)7-10/h6-8,13-14H,2-5,9,17H2,1H3. The van der Waals surface area contributed by atoms with Crippen LogP contribution < -0.4 is 5.73 Å². The van der Waals surface area contributed by atoms with Gasteiger partial charge in [-0.05, 0) is 37.6 Å². The molecule has 2 rings (SSSR count). The first-order chi connectivity index (χ1) is 9.06. The molecule has 106 valence electrons. The summed E-state index contributed by atoms with van der Waals surface area (Å²) in [6.07, 6.45) is 1.69. The maximum Gasteiger partial charge on any atom is 0.126 e. The normalized spacial score (nSPS) is 21.0. The van der Waals surface area contributed by atoms with Crippen molar-refractivity contribution in [2.24, 2.45) is 5.73 Å². The van der Waals surface area contributed by atoms with E-state index in [0.717, 1.165) is 32.2 Å². The van der Waals surface area contributed by atoms with Gasteiger partial charge in [-0.25, -0.2) is 8.78 Å². The van der Waals surface area contributed by atoms with Crippen LogP contribution in [0.1, 0.15) is 24.4 Å². The van der Waals surface area contributed by atoms with Crippen molar-refractivity contribution in [3.05, 3.63) is 35.4 Å². The van der Waals surface area contributed by atoms with Crippen LogP contribution >= 0.6 is 0 Å². The van der Waals surface area contributed by atoms with E-state index in [9.17, 15) is 8.78 Å². The van der Waals surface area contributed by atoms with Gasteiger partial charge in [0.05, 0.1) is 6.61 Å². The molecule has 1 aromatic rings. The largest absolute Gasteiger partial charge is 0.380 e. The molecule has 1 aromatic carbocycles. The van der Waals surface area contributed by atoms with E-state index in [2.05, 4.69) is 4.90 Å². The molecular weight excluding hydrogens is 250 g/mol. The second-order valence-electron chi connectivity index (χ2n) is 5.10. The average Bonchev–Trinajstić information content (AvgIpc) is 2.88. The molecule has 2 unspecified atom stereocenters. The molecule has 0 amide bonds. The van der Waals surface area contributed by atoms with Gasteiger partial charge >= 0.3 is 0 Å². The minimum absolute atomic E-state index is 0.352. The van der Waals surface area contributed by atoms with E-state index in [1.54, 1.807) is 0 Å². The molecule has 2 atom stereocenters. The Hall–Kier alpha value is -1.04. The molecule has 19 heavy (non-hydrogen) atoms. The van der Waals surface area contributed by atoms with E-state index in [1.165, 1.54) is 12.1 Å². The van der Waals surface area contributed by atoms with Gasteiger partial charge in [0.1, 0.15) is 11.6 Å². The summed E-state index contributed by atoms with van der Waals surface area (Å²) in [4.78, 5) is 2.20. The fourth-order valence-corrected chi connectivity index (χ4v) is 2.35. The quantitative estimate of drug-likeness (QED) is 0.890. The number of likely N-dealkylation sites (N-methyl/N-ethyl adjacent to an activating group) is 1. The molecular formula is C14H20F2N2O. The molecule has 0 aliphatic carbocycles. The predicted molar refractivity (Wildman–Crippen MR) is 69.8 cm³/mol. The van der Waals surface area contributed by atoms with E-state index in [-0.39, 0.29) is 6.04 Å². The van der Waals surface area contributed by atoms with Crippen LogP contribution in [-0.2, 0) is 4.74 Å². The molecule has 0 bridgehead atoms. The maximum absolute atomic E-state index is 13.1. The number of nitrogens with zero attached hydrogens (tertiary/aromatic N) is 1. The number of hydrogen-bond acceptors (Lipinski definition) is 3. The first kappa shape index (κ1) is 14.4.